The molecular formula is C13H19BrClN3O2. The molecule has 1 atom stereocenters. The maximum atomic E-state index is 11.7. The van der Waals surface area contributed by atoms with Gasteiger partial charge in [0.1, 0.15) is 0 Å². The summed E-state index contributed by atoms with van der Waals surface area (Å²) < 4.78 is 0.884. The molecule has 0 heterocycles. The predicted molar refractivity (Wildman–Crippen MR) is 86.0 cm³/mol. The Bertz CT molecular complexity index is 481. The second-order valence-corrected chi connectivity index (χ2v) is 5.38. The molecular weight excluding hydrogens is 346 g/mol. The largest absolute Gasteiger partial charge is 0.347 e. The van der Waals surface area contributed by atoms with Gasteiger partial charge in [0.25, 0.3) is 0 Å². The fourth-order valence-electron chi connectivity index (χ4n) is 1.47. The second kappa shape index (κ2) is 8.94. The molecule has 5 nitrogen and oxygen atoms in total. The Hall–Kier alpha value is -1.11. The summed E-state index contributed by atoms with van der Waals surface area (Å²) in [6.45, 7) is 3.58. The number of anilines is 1. The first-order chi connectivity index (χ1) is 8.88. The zero-order valence-corrected chi connectivity index (χ0v) is 13.8. The highest BCUT2D eigenvalue weighted by Crippen LogP contribution is 2.20. The van der Waals surface area contributed by atoms with Gasteiger partial charge in [-0.05, 0) is 31.5 Å². The minimum absolute atomic E-state index is 0. The van der Waals surface area contributed by atoms with Crippen LogP contribution in [-0.2, 0) is 9.59 Å². The summed E-state index contributed by atoms with van der Waals surface area (Å²) in [7, 11) is 0. The van der Waals surface area contributed by atoms with Crippen LogP contribution in [0.3, 0.4) is 0 Å². The van der Waals surface area contributed by atoms with Crippen LogP contribution < -0.4 is 16.4 Å². The molecule has 0 bridgehead atoms. The summed E-state index contributed by atoms with van der Waals surface area (Å²) in [4.78, 5) is 23.0. The molecule has 0 radical (unpaired) electrons. The second-order valence-electron chi connectivity index (χ2n) is 4.47. The molecule has 0 aliphatic carbocycles. The molecule has 0 aliphatic heterocycles. The molecule has 0 fully saturated rings. The molecule has 0 saturated carbocycles. The summed E-state index contributed by atoms with van der Waals surface area (Å²) in [5, 5.41) is 5.27. The maximum absolute atomic E-state index is 11.7. The molecule has 1 rings (SSSR count). The lowest BCUT2D eigenvalue weighted by atomic mass is 10.2. The zero-order valence-electron chi connectivity index (χ0n) is 11.4. The molecule has 0 spiro atoms. The third kappa shape index (κ3) is 6.88. The van der Waals surface area contributed by atoms with Crippen molar-refractivity contribution in [2.24, 2.45) is 5.73 Å². The van der Waals surface area contributed by atoms with Crippen LogP contribution in [0.25, 0.3) is 0 Å². The number of hydrogen-bond donors (Lipinski definition) is 3. The normalized spacial score (nSPS) is 11.2. The van der Waals surface area contributed by atoms with E-state index in [0.717, 1.165) is 15.7 Å². The molecule has 2 amide bonds. The van der Waals surface area contributed by atoms with Gasteiger partial charge in [-0.3, -0.25) is 9.59 Å². The Balaban J connectivity index is 0.00000361. The van der Waals surface area contributed by atoms with Crippen LogP contribution in [0.15, 0.2) is 22.7 Å². The van der Waals surface area contributed by atoms with Crippen molar-refractivity contribution in [1.29, 1.82) is 0 Å². The van der Waals surface area contributed by atoms with Crippen LogP contribution in [0.2, 0.25) is 0 Å². The lowest BCUT2D eigenvalue weighted by Gasteiger charge is -2.10. The van der Waals surface area contributed by atoms with Gasteiger partial charge in [0.15, 0.2) is 0 Å². The van der Waals surface area contributed by atoms with Gasteiger partial charge in [-0.2, -0.15) is 0 Å². The third-order valence-corrected chi connectivity index (χ3v) is 2.92. The predicted octanol–water partition coefficient (Wildman–Crippen LogP) is 1.97. The number of nitrogens with one attached hydrogen (secondary N) is 2. The summed E-state index contributed by atoms with van der Waals surface area (Å²) >= 11 is 3.34. The molecule has 0 aromatic heterocycles. The Kier molecular flexibility index (Phi) is 8.45. The smallest absolute Gasteiger partial charge is 0.243 e. The van der Waals surface area contributed by atoms with Gasteiger partial charge >= 0.3 is 0 Å². The average molecular weight is 365 g/mol. The molecule has 1 aromatic rings. The van der Waals surface area contributed by atoms with E-state index in [2.05, 4.69) is 26.6 Å². The number of carbonyl (C=O) groups is 2. The SMILES string of the molecule is Cc1ccc(Br)cc1NC(=O)CNC(=O)CC(C)N.Cl. The number of aryl methyl sites for hydroxylation is 1. The van der Waals surface area contributed by atoms with Crippen LogP contribution in [0, 0.1) is 6.92 Å². The molecule has 7 heteroatoms. The van der Waals surface area contributed by atoms with E-state index in [1.807, 2.05) is 25.1 Å². The Labute approximate surface area is 133 Å². The van der Waals surface area contributed by atoms with Gasteiger partial charge in [-0.15, -0.1) is 12.4 Å². The van der Waals surface area contributed by atoms with Crippen LogP contribution >= 0.6 is 28.3 Å². The van der Waals surface area contributed by atoms with E-state index >= 15 is 0 Å². The van der Waals surface area contributed by atoms with Crippen LogP contribution in [0.4, 0.5) is 5.69 Å². The Morgan fingerprint density at radius 3 is 2.60 bits per heavy atom. The van der Waals surface area contributed by atoms with Gasteiger partial charge in [0, 0.05) is 22.6 Å². The van der Waals surface area contributed by atoms with E-state index in [1.54, 1.807) is 6.92 Å². The lowest BCUT2D eigenvalue weighted by Crippen LogP contribution is -2.35. The quantitative estimate of drug-likeness (QED) is 0.747. The Morgan fingerprint density at radius 2 is 2.00 bits per heavy atom. The van der Waals surface area contributed by atoms with Crippen LogP contribution in [0.1, 0.15) is 18.9 Å². The zero-order chi connectivity index (χ0) is 14.4. The number of rotatable bonds is 5. The molecule has 0 aliphatic rings. The van der Waals surface area contributed by atoms with E-state index in [9.17, 15) is 9.59 Å². The van der Waals surface area contributed by atoms with Crippen molar-refractivity contribution in [3.05, 3.63) is 28.2 Å². The molecule has 112 valence electrons. The van der Waals surface area contributed by atoms with Crippen LogP contribution in [-0.4, -0.2) is 24.4 Å². The molecule has 1 aromatic carbocycles. The van der Waals surface area contributed by atoms with Gasteiger partial charge in [0.05, 0.1) is 6.54 Å². The minimum atomic E-state index is -0.265. The third-order valence-electron chi connectivity index (χ3n) is 2.43. The summed E-state index contributed by atoms with van der Waals surface area (Å²) in [5.74, 6) is -0.490. The Morgan fingerprint density at radius 1 is 1.35 bits per heavy atom. The first-order valence-corrected chi connectivity index (χ1v) is 6.76. The summed E-state index contributed by atoms with van der Waals surface area (Å²) in [5.41, 5.74) is 7.17. The van der Waals surface area contributed by atoms with Crippen molar-refractivity contribution < 1.29 is 9.59 Å². The van der Waals surface area contributed by atoms with Crippen molar-refractivity contribution in [2.45, 2.75) is 26.3 Å². The van der Waals surface area contributed by atoms with E-state index in [0.29, 0.717) is 0 Å². The minimum Gasteiger partial charge on any atom is -0.347 e. The van der Waals surface area contributed by atoms with Crippen molar-refractivity contribution in [2.75, 3.05) is 11.9 Å². The summed E-state index contributed by atoms with van der Waals surface area (Å²) in [6, 6.07) is 5.40. The number of halogens is 2. The van der Waals surface area contributed by atoms with Crippen LogP contribution in [0.5, 0.6) is 0 Å². The van der Waals surface area contributed by atoms with E-state index in [-0.39, 0.29) is 43.2 Å². The van der Waals surface area contributed by atoms with Crippen molar-refractivity contribution in [3.8, 4) is 0 Å². The first-order valence-electron chi connectivity index (χ1n) is 5.96. The van der Waals surface area contributed by atoms with E-state index in [4.69, 9.17) is 5.73 Å². The fourth-order valence-corrected chi connectivity index (χ4v) is 1.83. The highest BCUT2D eigenvalue weighted by Gasteiger charge is 2.09. The van der Waals surface area contributed by atoms with Crippen molar-refractivity contribution >= 4 is 45.8 Å². The van der Waals surface area contributed by atoms with Gasteiger partial charge in [0.2, 0.25) is 11.8 Å². The van der Waals surface area contributed by atoms with Crippen molar-refractivity contribution in [1.82, 2.24) is 5.32 Å². The topological polar surface area (TPSA) is 84.2 Å². The fraction of sp³-hybridized carbons (Fsp3) is 0.385. The first kappa shape index (κ1) is 18.9. The molecule has 20 heavy (non-hydrogen) atoms. The van der Waals surface area contributed by atoms with Crippen molar-refractivity contribution in [3.63, 3.8) is 0 Å². The van der Waals surface area contributed by atoms with E-state index < -0.39 is 0 Å². The number of nitrogens with two attached hydrogens (primary N) is 1. The number of carbonyl (C=O) groups excluding carboxylic acids is 2. The number of amides is 2. The van der Waals surface area contributed by atoms with Gasteiger partial charge in [-0.25, -0.2) is 0 Å². The molecule has 4 N–H and O–H groups in total. The molecule has 0 saturated heterocycles. The standard InChI is InChI=1S/C13H18BrN3O2.ClH/c1-8-3-4-10(14)6-11(8)17-13(19)7-16-12(18)5-9(2)15;/h3-4,6,9H,5,7,15H2,1-2H3,(H,16,18)(H,17,19);1H. The number of hydrogen-bond acceptors (Lipinski definition) is 3. The monoisotopic (exact) mass is 363 g/mol. The maximum Gasteiger partial charge on any atom is 0.243 e. The van der Waals surface area contributed by atoms with Gasteiger partial charge < -0.3 is 16.4 Å². The number of benzene rings is 1. The average Bonchev–Trinajstić information content (AvgIpc) is 2.30. The molecule has 1 unspecified atom stereocenters. The highest BCUT2D eigenvalue weighted by atomic mass is 79.9. The van der Waals surface area contributed by atoms with Gasteiger partial charge in [-0.1, -0.05) is 22.0 Å². The lowest BCUT2D eigenvalue weighted by molar-refractivity contribution is -0.124. The van der Waals surface area contributed by atoms with E-state index in [1.165, 1.54) is 0 Å². The summed E-state index contributed by atoms with van der Waals surface area (Å²) in [6.07, 6.45) is 0.212. The highest BCUT2D eigenvalue weighted by molar-refractivity contribution is 9.10.